The molecule has 0 amide bonds. The van der Waals surface area contributed by atoms with Crippen LogP contribution in [0.3, 0.4) is 0 Å². The lowest BCUT2D eigenvalue weighted by Gasteiger charge is -2.05. The predicted octanol–water partition coefficient (Wildman–Crippen LogP) is 1.45. The van der Waals surface area contributed by atoms with E-state index >= 15 is 0 Å². The summed E-state index contributed by atoms with van der Waals surface area (Å²) in [5, 5.41) is 0. The minimum atomic E-state index is -3.31. The standard InChI is InChI=1S/C11H12N2O2S/c12-11-5-3-10(4-6-11)9-16(14,15)13-7-1-2-8-13/h1-8H,9,12H2. The molecule has 2 aromatic rings. The van der Waals surface area contributed by atoms with Gasteiger partial charge in [0.15, 0.2) is 0 Å². The summed E-state index contributed by atoms with van der Waals surface area (Å²) in [6, 6.07) is 10.2. The van der Waals surface area contributed by atoms with E-state index < -0.39 is 10.0 Å². The zero-order chi connectivity index (χ0) is 11.6. The van der Waals surface area contributed by atoms with Gasteiger partial charge in [-0.1, -0.05) is 12.1 Å². The van der Waals surface area contributed by atoms with E-state index in [1.807, 2.05) is 0 Å². The first-order chi connectivity index (χ1) is 7.58. The van der Waals surface area contributed by atoms with Crippen LogP contribution in [0.25, 0.3) is 0 Å². The first-order valence-corrected chi connectivity index (χ1v) is 6.39. The Kier molecular flexibility index (Phi) is 2.70. The number of hydrogen-bond acceptors (Lipinski definition) is 3. The Morgan fingerprint density at radius 2 is 1.62 bits per heavy atom. The summed E-state index contributed by atoms with van der Waals surface area (Å²) >= 11 is 0. The molecule has 0 saturated carbocycles. The molecule has 0 aliphatic rings. The maximum Gasteiger partial charge on any atom is 0.242 e. The largest absolute Gasteiger partial charge is 0.399 e. The fraction of sp³-hybridized carbons (Fsp3) is 0.0909. The highest BCUT2D eigenvalue weighted by Crippen LogP contribution is 2.11. The molecule has 1 aromatic carbocycles. The molecule has 0 fully saturated rings. The zero-order valence-corrected chi connectivity index (χ0v) is 9.39. The molecule has 0 unspecified atom stereocenters. The molecule has 5 heteroatoms. The maximum absolute atomic E-state index is 11.9. The van der Waals surface area contributed by atoms with Gasteiger partial charge in [-0.2, -0.15) is 0 Å². The van der Waals surface area contributed by atoms with Crippen molar-refractivity contribution in [1.29, 1.82) is 0 Å². The number of nitrogens with zero attached hydrogens (tertiary/aromatic N) is 1. The van der Waals surface area contributed by atoms with Crippen LogP contribution in [0, 0.1) is 0 Å². The molecule has 0 atom stereocenters. The van der Waals surface area contributed by atoms with Crippen molar-refractivity contribution in [3.05, 3.63) is 54.4 Å². The molecule has 4 nitrogen and oxygen atoms in total. The van der Waals surface area contributed by atoms with Crippen molar-refractivity contribution in [1.82, 2.24) is 3.97 Å². The van der Waals surface area contributed by atoms with Crippen molar-refractivity contribution in [2.75, 3.05) is 5.73 Å². The lowest BCUT2D eigenvalue weighted by Crippen LogP contribution is -2.12. The Labute approximate surface area is 94.4 Å². The second-order valence-electron chi connectivity index (χ2n) is 3.51. The highest BCUT2D eigenvalue weighted by Gasteiger charge is 2.12. The van der Waals surface area contributed by atoms with Crippen molar-refractivity contribution in [2.45, 2.75) is 5.75 Å². The molecule has 16 heavy (non-hydrogen) atoms. The number of rotatable bonds is 3. The fourth-order valence-electron chi connectivity index (χ4n) is 1.40. The first-order valence-electron chi connectivity index (χ1n) is 4.78. The van der Waals surface area contributed by atoms with Gasteiger partial charge in [0, 0.05) is 18.1 Å². The molecule has 0 bridgehead atoms. The van der Waals surface area contributed by atoms with E-state index in [2.05, 4.69) is 0 Å². The van der Waals surface area contributed by atoms with E-state index in [4.69, 9.17) is 5.73 Å². The second kappa shape index (κ2) is 4.02. The summed E-state index contributed by atoms with van der Waals surface area (Å²) in [5.41, 5.74) is 6.88. The lowest BCUT2D eigenvalue weighted by atomic mass is 10.2. The molecule has 1 aromatic heterocycles. The van der Waals surface area contributed by atoms with Crippen LogP contribution < -0.4 is 5.73 Å². The van der Waals surface area contributed by atoms with E-state index in [1.165, 1.54) is 16.4 Å². The molecule has 0 aliphatic heterocycles. The molecule has 0 spiro atoms. The van der Waals surface area contributed by atoms with Crippen LogP contribution in [-0.4, -0.2) is 12.4 Å². The van der Waals surface area contributed by atoms with Crippen molar-refractivity contribution in [3.63, 3.8) is 0 Å². The second-order valence-corrected chi connectivity index (χ2v) is 5.38. The van der Waals surface area contributed by atoms with Crippen molar-refractivity contribution >= 4 is 15.7 Å². The van der Waals surface area contributed by atoms with Gasteiger partial charge in [0.1, 0.15) is 0 Å². The first kappa shape index (κ1) is 10.8. The van der Waals surface area contributed by atoms with Crippen molar-refractivity contribution in [2.24, 2.45) is 0 Å². The summed E-state index contributed by atoms with van der Waals surface area (Å²) in [7, 11) is -3.31. The number of aromatic nitrogens is 1. The van der Waals surface area contributed by atoms with Gasteiger partial charge in [-0.3, -0.25) is 3.97 Å². The minimum absolute atomic E-state index is 0.0258. The monoisotopic (exact) mass is 236 g/mol. The summed E-state index contributed by atoms with van der Waals surface area (Å²) in [6.45, 7) is 0. The lowest BCUT2D eigenvalue weighted by molar-refractivity contribution is 0.586. The van der Waals surface area contributed by atoms with Gasteiger partial charge < -0.3 is 5.73 Å². The third-order valence-electron chi connectivity index (χ3n) is 2.23. The van der Waals surface area contributed by atoms with Crippen LogP contribution >= 0.6 is 0 Å². The molecular formula is C11H12N2O2S. The third kappa shape index (κ3) is 2.25. The molecular weight excluding hydrogens is 224 g/mol. The van der Waals surface area contributed by atoms with Gasteiger partial charge in [0.2, 0.25) is 10.0 Å². The molecule has 2 N–H and O–H groups in total. The Morgan fingerprint density at radius 3 is 2.19 bits per heavy atom. The van der Waals surface area contributed by atoms with Crippen LogP contribution in [0.2, 0.25) is 0 Å². The predicted molar refractivity (Wildman–Crippen MR) is 63.3 cm³/mol. The van der Waals surface area contributed by atoms with Crippen LogP contribution in [0.1, 0.15) is 5.56 Å². The highest BCUT2D eigenvalue weighted by molar-refractivity contribution is 7.89. The summed E-state index contributed by atoms with van der Waals surface area (Å²) in [6.07, 6.45) is 3.04. The molecule has 0 saturated heterocycles. The van der Waals surface area contributed by atoms with Crippen molar-refractivity contribution in [3.8, 4) is 0 Å². The normalized spacial score (nSPS) is 11.5. The van der Waals surface area contributed by atoms with Crippen LogP contribution in [0.15, 0.2) is 48.8 Å². The van der Waals surface area contributed by atoms with Crippen LogP contribution in [-0.2, 0) is 15.8 Å². The smallest absolute Gasteiger partial charge is 0.242 e. The summed E-state index contributed by atoms with van der Waals surface area (Å²) in [4.78, 5) is 0. The fourth-order valence-corrected chi connectivity index (χ4v) is 2.68. The zero-order valence-electron chi connectivity index (χ0n) is 8.58. The molecule has 84 valence electrons. The van der Waals surface area contributed by atoms with Gasteiger partial charge in [-0.15, -0.1) is 0 Å². The van der Waals surface area contributed by atoms with Gasteiger partial charge >= 0.3 is 0 Å². The Hall–Kier alpha value is -1.75. The van der Waals surface area contributed by atoms with E-state index in [9.17, 15) is 8.42 Å². The number of hydrogen-bond donors (Lipinski definition) is 1. The third-order valence-corrected chi connectivity index (χ3v) is 3.81. The van der Waals surface area contributed by atoms with E-state index in [0.29, 0.717) is 5.69 Å². The van der Waals surface area contributed by atoms with Crippen molar-refractivity contribution < 1.29 is 8.42 Å². The Morgan fingerprint density at radius 1 is 1.06 bits per heavy atom. The molecule has 0 radical (unpaired) electrons. The van der Waals surface area contributed by atoms with E-state index in [-0.39, 0.29) is 5.75 Å². The van der Waals surface area contributed by atoms with Gasteiger partial charge in [-0.05, 0) is 29.8 Å². The minimum Gasteiger partial charge on any atom is -0.399 e. The Bertz CT molecular complexity index is 557. The number of anilines is 1. The van der Waals surface area contributed by atoms with Gasteiger partial charge in [0.05, 0.1) is 5.75 Å². The van der Waals surface area contributed by atoms with E-state index in [0.717, 1.165) is 5.56 Å². The number of nitrogen functional groups attached to an aromatic ring is 1. The highest BCUT2D eigenvalue weighted by atomic mass is 32.2. The van der Waals surface area contributed by atoms with Crippen LogP contribution in [0.4, 0.5) is 5.69 Å². The Balaban J connectivity index is 2.25. The average molecular weight is 236 g/mol. The SMILES string of the molecule is Nc1ccc(CS(=O)(=O)n2cccc2)cc1. The van der Waals surface area contributed by atoms with Crippen LogP contribution in [0.5, 0.6) is 0 Å². The molecule has 1 heterocycles. The van der Waals surface area contributed by atoms with E-state index in [1.54, 1.807) is 36.4 Å². The number of nitrogens with two attached hydrogens (primary N) is 1. The topological polar surface area (TPSA) is 65.1 Å². The summed E-state index contributed by atoms with van der Waals surface area (Å²) in [5.74, 6) is -0.0258. The maximum atomic E-state index is 11.9. The summed E-state index contributed by atoms with van der Waals surface area (Å²) < 4.78 is 25.0. The van der Waals surface area contributed by atoms with Gasteiger partial charge in [0.25, 0.3) is 0 Å². The molecule has 0 aliphatic carbocycles. The quantitative estimate of drug-likeness (QED) is 0.820. The van der Waals surface area contributed by atoms with Gasteiger partial charge in [-0.25, -0.2) is 8.42 Å². The molecule has 2 rings (SSSR count). The number of benzene rings is 1. The average Bonchev–Trinajstić information content (AvgIpc) is 2.75.